The van der Waals surface area contributed by atoms with E-state index in [-0.39, 0.29) is 0 Å². The number of rotatable bonds is 2. The Kier molecular flexibility index (Phi) is 4.32. The summed E-state index contributed by atoms with van der Waals surface area (Å²) >= 11 is 0. The van der Waals surface area contributed by atoms with Gasteiger partial charge in [-0.1, -0.05) is 36.3 Å². The van der Waals surface area contributed by atoms with Crippen molar-refractivity contribution in [2.75, 3.05) is 5.32 Å². The summed E-state index contributed by atoms with van der Waals surface area (Å²) in [4.78, 5) is 24.2. The van der Waals surface area contributed by atoms with Crippen LogP contribution in [0, 0.1) is 12.3 Å². The molecule has 2 aromatic rings. The Bertz CT molecular complexity index is 839. The summed E-state index contributed by atoms with van der Waals surface area (Å²) in [6.07, 6.45) is 5.01. The van der Waals surface area contributed by atoms with Gasteiger partial charge in [0.1, 0.15) is 0 Å². The van der Waals surface area contributed by atoms with Crippen LogP contribution in [0.5, 0.6) is 0 Å². The summed E-state index contributed by atoms with van der Waals surface area (Å²) < 4.78 is 0. The largest absolute Gasteiger partial charge is 0.390 e. The lowest BCUT2D eigenvalue weighted by Crippen LogP contribution is -2.40. The molecule has 3 N–H and O–H groups in total. The molecule has 0 saturated carbocycles. The molecule has 2 atom stereocenters. The van der Waals surface area contributed by atoms with Crippen molar-refractivity contribution in [3.05, 3.63) is 65.2 Å². The zero-order valence-corrected chi connectivity index (χ0v) is 12.8. The number of nitrogens with one attached hydrogen (secondary N) is 2. The van der Waals surface area contributed by atoms with Crippen molar-refractivity contribution >= 4 is 17.5 Å². The van der Waals surface area contributed by atoms with Crippen molar-refractivity contribution < 1.29 is 14.7 Å². The predicted octanol–water partition coefficient (Wildman–Crippen LogP) is 1.38. The maximum absolute atomic E-state index is 12.1. The van der Waals surface area contributed by atoms with Gasteiger partial charge in [-0.25, -0.2) is 0 Å². The molecular formula is C19H16N2O3. The highest BCUT2D eigenvalue weighted by Gasteiger charge is 2.33. The van der Waals surface area contributed by atoms with Gasteiger partial charge in [-0.15, -0.1) is 6.42 Å². The second-order valence-corrected chi connectivity index (χ2v) is 5.60. The Hall–Kier alpha value is -3.10. The first-order valence-electron chi connectivity index (χ1n) is 7.53. The average Bonchev–Trinajstić information content (AvgIpc) is 2.90. The maximum Gasteiger partial charge on any atom is 0.313 e. The number of aliphatic hydroxyl groups excluding tert-OH is 1. The van der Waals surface area contributed by atoms with Crippen LogP contribution in [0.2, 0.25) is 0 Å². The molecule has 0 heterocycles. The van der Waals surface area contributed by atoms with E-state index < -0.39 is 24.0 Å². The highest BCUT2D eigenvalue weighted by Crippen LogP contribution is 2.31. The summed E-state index contributed by atoms with van der Waals surface area (Å²) in [6.45, 7) is 0. The van der Waals surface area contributed by atoms with Crippen LogP contribution in [-0.2, 0) is 16.0 Å². The van der Waals surface area contributed by atoms with Gasteiger partial charge in [0.25, 0.3) is 0 Å². The molecule has 2 amide bonds. The van der Waals surface area contributed by atoms with Crippen LogP contribution in [0.15, 0.2) is 48.5 Å². The van der Waals surface area contributed by atoms with E-state index in [9.17, 15) is 14.7 Å². The molecule has 2 aromatic carbocycles. The van der Waals surface area contributed by atoms with E-state index in [0.717, 1.165) is 11.1 Å². The Balaban J connectivity index is 1.69. The fourth-order valence-corrected chi connectivity index (χ4v) is 2.83. The van der Waals surface area contributed by atoms with Crippen LogP contribution in [0.4, 0.5) is 5.69 Å². The Morgan fingerprint density at radius 1 is 1.12 bits per heavy atom. The van der Waals surface area contributed by atoms with Crippen LogP contribution in [0.25, 0.3) is 0 Å². The summed E-state index contributed by atoms with van der Waals surface area (Å²) in [5.41, 5.74) is 2.85. The molecule has 0 fully saturated rings. The van der Waals surface area contributed by atoms with Crippen LogP contribution in [0.1, 0.15) is 22.7 Å². The van der Waals surface area contributed by atoms with E-state index in [1.807, 2.05) is 24.3 Å². The first-order valence-corrected chi connectivity index (χ1v) is 7.53. The van der Waals surface area contributed by atoms with Crippen molar-refractivity contribution in [1.82, 2.24) is 5.32 Å². The smallest absolute Gasteiger partial charge is 0.313 e. The van der Waals surface area contributed by atoms with Crippen molar-refractivity contribution in [3.8, 4) is 12.3 Å². The fraction of sp³-hybridized carbons (Fsp3) is 0.158. The van der Waals surface area contributed by atoms with E-state index in [0.29, 0.717) is 17.7 Å². The van der Waals surface area contributed by atoms with Gasteiger partial charge in [0, 0.05) is 17.7 Å². The molecule has 5 heteroatoms. The second-order valence-electron chi connectivity index (χ2n) is 5.60. The molecule has 2 unspecified atom stereocenters. The number of terminal acetylenes is 1. The zero-order valence-electron chi connectivity index (χ0n) is 12.8. The molecule has 24 heavy (non-hydrogen) atoms. The normalized spacial score (nSPS) is 18.3. The summed E-state index contributed by atoms with van der Waals surface area (Å²) in [7, 11) is 0. The number of amides is 2. The van der Waals surface area contributed by atoms with E-state index >= 15 is 0 Å². The van der Waals surface area contributed by atoms with Gasteiger partial charge in [-0.3, -0.25) is 9.59 Å². The lowest BCUT2D eigenvalue weighted by Gasteiger charge is -2.17. The molecule has 120 valence electrons. The van der Waals surface area contributed by atoms with Gasteiger partial charge in [-0.05, 0) is 29.3 Å². The monoisotopic (exact) mass is 320 g/mol. The van der Waals surface area contributed by atoms with Crippen molar-refractivity contribution in [2.45, 2.75) is 18.6 Å². The number of hydrogen-bond donors (Lipinski definition) is 3. The molecule has 0 aliphatic heterocycles. The summed E-state index contributed by atoms with van der Waals surface area (Å²) in [6, 6.07) is 13.5. The Morgan fingerprint density at radius 2 is 1.92 bits per heavy atom. The molecule has 0 spiro atoms. The predicted molar refractivity (Wildman–Crippen MR) is 90.0 cm³/mol. The van der Waals surface area contributed by atoms with Crippen molar-refractivity contribution in [3.63, 3.8) is 0 Å². The number of benzene rings is 2. The van der Waals surface area contributed by atoms with Crippen LogP contribution >= 0.6 is 0 Å². The van der Waals surface area contributed by atoms with Crippen LogP contribution < -0.4 is 10.6 Å². The van der Waals surface area contributed by atoms with E-state index in [2.05, 4.69) is 16.6 Å². The minimum Gasteiger partial charge on any atom is -0.390 e. The second kappa shape index (κ2) is 6.57. The first-order chi connectivity index (χ1) is 11.6. The molecule has 0 aromatic heterocycles. The Labute approximate surface area is 139 Å². The third-order valence-electron chi connectivity index (χ3n) is 3.98. The molecule has 0 radical (unpaired) electrons. The van der Waals surface area contributed by atoms with Crippen molar-refractivity contribution in [1.29, 1.82) is 0 Å². The topological polar surface area (TPSA) is 78.4 Å². The van der Waals surface area contributed by atoms with E-state index in [4.69, 9.17) is 6.42 Å². The number of aliphatic hydroxyl groups is 1. The van der Waals surface area contributed by atoms with E-state index in [1.54, 1.807) is 24.3 Å². The molecule has 5 nitrogen and oxygen atoms in total. The molecular weight excluding hydrogens is 304 g/mol. The molecule has 3 rings (SSSR count). The molecule has 0 bridgehead atoms. The van der Waals surface area contributed by atoms with Crippen LogP contribution in [-0.4, -0.2) is 23.0 Å². The number of fused-ring (bicyclic) bond motifs is 1. The molecule has 1 aliphatic carbocycles. The number of carbonyl (C=O) groups excluding carboxylic acids is 2. The lowest BCUT2D eigenvalue weighted by molar-refractivity contribution is -0.137. The highest BCUT2D eigenvalue weighted by molar-refractivity contribution is 6.39. The van der Waals surface area contributed by atoms with Gasteiger partial charge in [0.2, 0.25) is 0 Å². The summed E-state index contributed by atoms with van der Waals surface area (Å²) in [5.74, 6) is 0.852. The van der Waals surface area contributed by atoms with Gasteiger partial charge < -0.3 is 15.7 Å². The zero-order chi connectivity index (χ0) is 17.1. The fourth-order valence-electron chi connectivity index (χ4n) is 2.83. The third kappa shape index (κ3) is 3.14. The Morgan fingerprint density at radius 3 is 2.71 bits per heavy atom. The first kappa shape index (κ1) is 15.8. The maximum atomic E-state index is 12.1. The quantitative estimate of drug-likeness (QED) is 0.578. The number of hydrogen-bond acceptors (Lipinski definition) is 3. The third-order valence-corrected chi connectivity index (χ3v) is 3.98. The highest BCUT2D eigenvalue weighted by atomic mass is 16.3. The van der Waals surface area contributed by atoms with E-state index in [1.165, 1.54) is 0 Å². The molecule has 1 aliphatic rings. The van der Waals surface area contributed by atoms with Gasteiger partial charge in [0.15, 0.2) is 0 Å². The lowest BCUT2D eigenvalue weighted by atomic mass is 10.1. The standard InChI is InChI=1S/C19H16N2O3/c1-2-12-6-5-8-14(10-12)20-18(23)19(24)21-17-15-9-4-3-7-13(15)11-16(17)22/h1,3-10,16-17,22H,11H2,(H,20,23)(H,21,24). The molecule has 0 saturated heterocycles. The van der Waals surface area contributed by atoms with Crippen LogP contribution in [0.3, 0.4) is 0 Å². The van der Waals surface area contributed by atoms with Gasteiger partial charge >= 0.3 is 11.8 Å². The summed E-state index contributed by atoms with van der Waals surface area (Å²) in [5, 5.41) is 15.2. The SMILES string of the molecule is C#Cc1cccc(NC(=O)C(=O)NC2c3ccccc3CC2O)c1. The number of carbonyl (C=O) groups is 2. The number of anilines is 1. The van der Waals surface area contributed by atoms with Crippen molar-refractivity contribution in [2.24, 2.45) is 0 Å². The van der Waals surface area contributed by atoms with Gasteiger partial charge in [-0.2, -0.15) is 0 Å². The minimum absolute atomic E-state index is 0.443. The average molecular weight is 320 g/mol. The van der Waals surface area contributed by atoms with Gasteiger partial charge in [0.05, 0.1) is 12.1 Å². The minimum atomic E-state index is -0.805.